The van der Waals surface area contributed by atoms with Gasteiger partial charge in [0.15, 0.2) is 0 Å². The minimum Gasteiger partial charge on any atom is -0.469 e. The number of methoxy groups -OCH3 is 1. The summed E-state index contributed by atoms with van der Waals surface area (Å²) in [5.74, 6) is -0.329. The van der Waals surface area contributed by atoms with Crippen LogP contribution in [0.25, 0.3) is 0 Å². The van der Waals surface area contributed by atoms with Crippen molar-refractivity contribution in [2.45, 2.75) is 6.42 Å². The Morgan fingerprint density at radius 3 is 2.64 bits per heavy atom. The summed E-state index contributed by atoms with van der Waals surface area (Å²) in [5.41, 5.74) is 0.684. The molecular weight excluding hydrogens is 338 g/mol. The van der Waals surface area contributed by atoms with Crippen molar-refractivity contribution in [2.75, 3.05) is 7.11 Å². The summed E-state index contributed by atoms with van der Waals surface area (Å²) in [7, 11) is 1.34. The monoisotopic (exact) mass is 344 g/mol. The van der Waals surface area contributed by atoms with Gasteiger partial charge in [0.1, 0.15) is 0 Å². The number of hydrogen-bond acceptors (Lipinski definition) is 2. The quantitative estimate of drug-likeness (QED) is 0.467. The van der Waals surface area contributed by atoms with E-state index >= 15 is 0 Å². The zero-order valence-electron chi connectivity index (χ0n) is 7.31. The average molecular weight is 345 g/mol. The maximum absolute atomic E-state index is 11.0. The molecule has 0 amide bonds. The zero-order chi connectivity index (χ0) is 10.7. The fourth-order valence-electron chi connectivity index (χ4n) is 0.930. The first-order valence-corrected chi connectivity index (χ1v) is 5.59. The van der Waals surface area contributed by atoms with Crippen molar-refractivity contribution in [1.29, 1.82) is 0 Å². The maximum Gasteiger partial charge on any atom is 0.310 e. The molecule has 5 heteroatoms. The van der Waals surface area contributed by atoms with Crippen molar-refractivity contribution in [3.05, 3.63) is 31.3 Å². The standard InChI is InChI=1S/C9H7Cl2IO2/c1-14-7(13)4-5-2-3-6(12)9(11)8(5)10/h2-3H,4H2,1H3. The molecule has 1 aromatic rings. The van der Waals surface area contributed by atoms with E-state index in [9.17, 15) is 4.79 Å². The summed E-state index contributed by atoms with van der Waals surface area (Å²) in [6.45, 7) is 0. The third-order valence-electron chi connectivity index (χ3n) is 1.68. The minimum absolute atomic E-state index is 0.145. The Kier molecular flexibility index (Phi) is 4.47. The number of halogens is 3. The molecule has 0 saturated heterocycles. The van der Waals surface area contributed by atoms with E-state index in [0.717, 1.165) is 3.57 Å². The highest BCUT2D eigenvalue weighted by molar-refractivity contribution is 14.1. The van der Waals surface area contributed by atoms with Gasteiger partial charge in [0.05, 0.1) is 23.6 Å². The zero-order valence-corrected chi connectivity index (χ0v) is 11.0. The minimum atomic E-state index is -0.329. The van der Waals surface area contributed by atoms with Crippen molar-refractivity contribution in [2.24, 2.45) is 0 Å². The SMILES string of the molecule is COC(=O)Cc1ccc(I)c(Cl)c1Cl. The molecular formula is C9H7Cl2IO2. The summed E-state index contributed by atoms with van der Waals surface area (Å²) in [6.07, 6.45) is 0.145. The molecule has 1 rings (SSSR count). The van der Waals surface area contributed by atoms with Crippen LogP contribution in [-0.2, 0) is 16.0 Å². The number of benzene rings is 1. The first-order chi connectivity index (χ1) is 6.56. The molecule has 0 spiro atoms. The Labute approximate surface area is 106 Å². The summed E-state index contributed by atoms with van der Waals surface area (Å²) in [5, 5.41) is 0.901. The molecule has 76 valence electrons. The number of ether oxygens (including phenoxy) is 1. The number of carbonyl (C=O) groups excluding carboxylic acids is 1. The van der Waals surface area contributed by atoms with Gasteiger partial charge in [-0.25, -0.2) is 0 Å². The molecule has 0 unspecified atom stereocenters. The molecule has 1 aromatic carbocycles. The van der Waals surface area contributed by atoms with Crippen LogP contribution in [0.3, 0.4) is 0 Å². The van der Waals surface area contributed by atoms with Gasteiger partial charge in [-0.1, -0.05) is 29.3 Å². The Hall–Kier alpha value is -0.000000000000000111. The van der Waals surface area contributed by atoms with Crippen LogP contribution in [-0.4, -0.2) is 13.1 Å². The number of carbonyl (C=O) groups is 1. The molecule has 0 bridgehead atoms. The number of rotatable bonds is 2. The van der Waals surface area contributed by atoms with Gasteiger partial charge in [0.2, 0.25) is 0 Å². The van der Waals surface area contributed by atoms with Crippen molar-refractivity contribution in [1.82, 2.24) is 0 Å². The molecule has 0 atom stereocenters. The van der Waals surface area contributed by atoms with Crippen molar-refractivity contribution in [3.8, 4) is 0 Å². The van der Waals surface area contributed by atoms with Gasteiger partial charge in [-0.2, -0.15) is 0 Å². The summed E-state index contributed by atoms with van der Waals surface area (Å²) >= 11 is 13.9. The fourth-order valence-corrected chi connectivity index (χ4v) is 1.95. The van der Waals surface area contributed by atoms with E-state index in [2.05, 4.69) is 27.3 Å². The van der Waals surface area contributed by atoms with Crippen LogP contribution in [0.15, 0.2) is 12.1 Å². The molecule has 0 aliphatic carbocycles. The summed E-state index contributed by atoms with van der Waals surface area (Å²) < 4.78 is 5.40. The lowest BCUT2D eigenvalue weighted by molar-refractivity contribution is -0.139. The Morgan fingerprint density at radius 1 is 1.43 bits per heavy atom. The molecule has 0 aliphatic heterocycles. The van der Waals surface area contributed by atoms with Crippen LogP contribution in [0.5, 0.6) is 0 Å². The maximum atomic E-state index is 11.0. The van der Waals surface area contributed by atoms with Crippen molar-refractivity contribution in [3.63, 3.8) is 0 Å². The van der Waals surface area contributed by atoms with Gasteiger partial charge in [-0.15, -0.1) is 0 Å². The molecule has 14 heavy (non-hydrogen) atoms. The number of esters is 1. The highest BCUT2D eigenvalue weighted by Gasteiger charge is 2.11. The first kappa shape index (κ1) is 12.1. The molecule has 2 nitrogen and oxygen atoms in total. The van der Waals surface area contributed by atoms with Crippen LogP contribution in [0.1, 0.15) is 5.56 Å². The average Bonchev–Trinajstić information content (AvgIpc) is 2.19. The van der Waals surface area contributed by atoms with Gasteiger partial charge in [-0.3, -0.25) is 4.79 Å². The highest BCUT2D eigenvalue weighted by atomic mass is 127. The molecule has 0 fully saturated rings. The van der Waals surface area contributed by atoms with Gasteiger partial charge in [-0.05, 0) is 34.2 Å². The fraction of sp³-hybridized carbons (Fsp3) is 0.222. The molecule has 0 N–H and O–H groups in total. The van der Waals surface area contributed by atoms with E-state index in [4.69, 9.17) is 23.2 Å². The Balaban J connectivity index is 3.00. The molecule has 0 aliphatic rings. The van der Waals surface area contributed by atoms with Crippen LogP contribution in [0.2, 0.25) is 10.0 Å². The first-order valence-electron chi connectivity index (χ1n) is 3.75. The second-order valence-corrected chi connectivity index (χ2v) is 4.51. The van der Waals surface area contributed by atoms with E-state index in [1.165, 1.54) is 7.11 Å². The largest absolute Gasteiger partial charge is 0.469 e. The second kappa shape index (κ2) is 5.19. The molecule has 0 radical (unpaired) electrons. The van der Waals surface area contributed by atoms with E-state index in [-0.39, 0.29) is 12.4 Å². The van der Waals surface area contributed by atoms with Crippen LogP contribution >= 0.6 is 45.8 Å². The number of hydrogen-bond donors (Lipinski definition) is 0. The van der Waals surface area contributed by atoms with Crippen LogP contribution in [0.4, 0.5) is 0 Å². The Bertz CT molecular complexity index is 366. The lowest BCUT2D eigenvalue weighted by Crippen LogP contribution is -2.05. The van der Waals surface area contributed by atoms with Crippen molar-refractivity contribution < 1.29 is 9.53 Å². The molecule has 0 heterocycles. The third-order valence-corrected chi connectivity index (χ3v) is 3.82. The van der Waals surface area contributed by atoms with Gasteiger partial charge < -0.3 is 4.74 Å². The lowest BCUT2D eigenvalue weighted by Gasteiger charge is -2.05. The highest BCUT2D eigenvalue weighted by Crippen LogP contribution is 2.30. The van der Waals surface area contributed by atoms with E-state index in [0.29, 0.717) is 15.6 Å². The van der Waals surface area contributed by atoms with Crippen LogP contribution in [0, 0.1) is 3.57 Å². The van der Waals surface area contributed by atoms with Gasteiger partial charge in [0.25, 0.3) is 0 Å². The smallest absolute Gasteiger partial charge is 0.310 e. The van der Waals surface area contributed by atoms with Gasteiger partial charge in [0, 0.05) is 3.57 Å². The third kappa shape index (κ3) is 2.74. The lowest BCUT2D eigenvalue weighted by atomic mass is 10.1. The summed E-state index contributed by atoms with van der Waals surface area (Å²) in [4.78, 5) is 11.0. The second-order valence-electron chi connectivity index (χ2n) is 2.59. The molecule has 0 saturated carbocycles. The predicted octanol–water partition coefficient (Wildman–Crippen LogP) is 3.31. The van der Waals surface area contributed by atoms with Gasteiger partial charge >= 0.3 is 5.97 Å². The normalized spacial score (nSPS) is 10.0. The van der Waals surface area contributed by atoms with E-state index in [1.54, 1.807) is 6.07 Å². The van der Waals surface area contributed by atoms with Crippen molar-refractivity contribution >= 4 is 51.8 Å². The Morgan fingerprint density at radius 2 is 2.07 bits per heavy atom. The van der Waals surface area contributed by atoms with E-state index < -0.39 is 0 Å². The summed E-state index contributed by atoms with van der Waals surface area (Å²) in [6, 6.07) is 3.58. The van der Waals surface area contributed by atoms with E-state index in [1.807, 2.05) is 6.07 Å². The predicted molar refractivity (Wildman–Crippen MR) is 64.9 cm³/mol. The topological polar surface area (TPSA) is 26.3 Å². The van der Waals surface area contributed by atoms with Crippen LogP contribution < -0.4 is 0 Å². The molecule has 0 aromatic heterocycles.